The summed E-state index contributed by atoms with van der Waals surface area (Å²) in [7, 11) is 1.41. The minimum atomic E-state index is -0.636. The number of methoxy groups -OCH3 is 1. The molecule has 0 aliphatic carbocycles. The molecule has 0 aliphatic rings. The van der Waals surface area contributed by atoms with E-state index < -0.39 is 5.91 Å². The molecular formula is C15H13BrN2O5. The van der Waals surface area contributed by atoms with Crippen molar-refractivity contribution >= 4 is 28.1 Å². The lowest BCUT2D eigenvalue weighted by Gasteiger charge is -2.06. The van der Waals surface area contributed by atoms with Gasteiger partial charge in [-0.3, -0.25) is 4.79 Å². The van der Waals surface area contributed by atoms with Gasteiger partial charge >= 0.3 is 0 Å². The first kappa shape index (κ1) is 16.6. The molecule has 2 aromatic rings. The van der Waals surface area contributed by atoms with Crippen LogP contribution in [-0.2, 0) is 0 Å². The van der Waals surface area contributed by atoms with Gasteiger partial charge in [-0.25, -0.2) is 5.43 Å². The van der Waals surface area contributed by atoms with Gasteiger partial charge in [-0.05, 0) is 45.8 Å². The fourth-order valence-electron chi connectivity index (χ4n) is 1.76. The van der Waals surface area contributed by atoms with Crippen LogP contribution in [0.1, 0.15) is 15.9 Å². The summed E-state index contributed by atoms with van der Waals surface area (Å²) in [6, 6.07) is 6.73. The van der Waals surface area contributed by atoms with E-state index >= 15 is 0 Å². The number of phenolic OH excluding ortho intramolecular Hbond substituents is 3. The highest BCUT2D eigenvalue weighted by Gasteiger charge is 2.11. The van der Waals surface area contributed by atoms with Crippen LogP contribution in [0, 0.1) is 0 Å². The van der Waals surface area contributed by atoms with Gasteiger partial charge in [-0.2, -0.15) is 5.10 Å². The number of hydrogen-bond donors (Lipinski definition) is 4. The van der Waals surface area contributed by atoms with E-state index in [-0.39, 0.29) is 28.6 Å². The summed E-state index contributed by atoms with van der Waals surface area (Å²) in [5, 5.41) is 32.2. The lowest BCUT2D eigenvalue weighted by Crippen LogP contribution is -2.17. The third kappa shape index (κ3) is 3.92. The lowest BCUT2D eigenvalue weighted by atomic mass is 10.2. The van der Waals surface area contributed by atoms with Crippen molar-refractivity contribution in [1.82, 2.24) is 5.43 Å². The standard InChI is InChI=1S/C15H13BrN2O5/c1-23-13-5-8(4-11(16)14(13)21)7-17-18-15(22)10-3-2-9(19)6-12(10)20/h2-7,19-21H,1H3,(H,18,22)/b17-7+. The average Bonchev–Trinajstić information content (AvgIpc) is 2.50. The second kappa shape index (κ2) is 7.01. The maximum absolute atomic E-state index is 11.9. The van der Waals surface area contributed by atoms with E-state index in [1.807, 2.05) is 0 Å². The SMILES string of the molecule is COc1cc(/C=N/NC(=O)c2ccc(O)cc2O)cc(Br)c1O. The smallest absolute Gasteiger partial charge is 0.275 e. The molecular weight excluding hydrogens is 368 g/mol. The first-order valence-corrected chi connectivity index (χ1v) is 7.13. The Balaban J connectivity index is 2.12. The van der Waals surface area contributed by atoms with Crippen LogP contribution in [0.5, 0.6) is 23.0 Å². The predicted octanol–water partition coefficient (Wildman–Crippen LogP) is 2.34. The highest BCUT2D eigenvalue weighted by atomic mass is 79.9. The van der Waals surface area contributed by atoms with E-state index in [4.69, 9.17) is 4.74 Å². The summed E-state index contributed by atoms with van der Waals surface area (Å²) in [6.07, 6.45) is 1.35. The fourth-order valence-corrected chi connectivity index (χ4v) is 2.22. The summed E-state index contributed by atoms with van der Waals surface area (Å²) in [4.78, 5) is 11.9. The monoisotopic (exact) mass is 380 g/mol. The Labute approximate surface area is 140 Å². The second-order valence-corrected chi connectivity index (χ2v) is 5.31. The van der Waals surface area contributed by atoms with Crippen molar-refractivity contribution in [3.05, 3.63) is 45.9 Å². The maximum atomic E-state index is 11.9. The third-order valence-electron chi connectivity index (χ3n) is 2.88. The van der Waals surface area contributed by atoms with E-state index in [2.05, 4.69) is 26.5 Å². The normalized spacial score (nSPS) is 10.7. The number of amides is 1. The number of nitrogens with one attached hydrogen (secondary N) is 1. The molecule has 0 radical (unpaired) electrons. The van der Waals surface area contributed by atoms with Crippen LogP contribution in [0.15, 0.2) is 39.9 Å². The molecule has 0 saturated heterocycles. The molecule has 0 saturated carbocycles. The second-order valence-electron chi connectivity index (χ2n) is 4.45. The van der Waals surface area contributed by atoms with Crippen LogP contribution in [0.3, 0.4) is 0 Å². The molecule has 0 unspecified atom stereocenters. The maximum Gasteiger partial charge on any atom is 0.275 e. The van der Waals surface area contributed by atoms with E-state index in [9.17, 15) is 20.1 Å². The Morgan fingerprint density at radius 3 is 2.65 bits per heavy atom. The summed E-state index contributed by atoms with van der Waals surface area (Å²) in [5.74, 6) is -0.926. The minimum absolute atomic E-state index is 0.0237. The number of nitrogens with zero attached hydrogens (tertiary/aromatic N) is 1. The highest BCUT2D eigenvalue weighted by molar-refractivity contribution is 9.10. The molecule has 0 aromatic heterocycles. The van der Waals surface area contributed by atoms with Gasteiger partial charge in [0.05, 0.1) is 23.4 Å². The number of rotatable bonds is 4. The number of halogens is 1. The topological polar surface area (TPSA) is 111 Å². The lowest BCUT2D eigenvalue weighted by molar-refractivity contribution is 0.0952. The Kier molecular flexibility index (Phi) is 5.07. The van der Waals surface area contributed by atoms with E-state index in [1.54, 1.807) is 6.07 Å². The Bertz CT molecular complexity index is 777. The molecule has 1 amide bonds. The molecule has 4 N–H and O–H groups in total. The molecule has 8 heteroatoms. The van der Waals surface area contributed by atoms with Crippen LogP contribution in [0.25, 0.3) is 0 Å². The Hall–Kier alpha value is -2.74. The van der Waals surface area contributed by atoms with Crippen molar-refractivity contribution in [3.8, 4) is 23.0 Å². The molecule has 0 aliphatic heterocycles. The van der Waals surface area contributed by atoms with Gasteiger partial charge in [0.1, 0.15) is 11.5 Å². The molecule has 23 heavy (non-hydrogen) atoms. The Morgan fingerprint density at radius 2 is 2.00 bits per heavy atom. The molecule has 2 rings (SSSR count). The number of hydrogen-bond acceptors (Lipinski definition) is 6. The summed E-state index contributed by atoms with van der Waals surface area (Å²) in [5.41, 5.74) is 2.80. The molecule has 0 heterocycles. The van der Waals surface area contributed by atoms with Crippen molar-refractivity contribution in [1.29, 1.82) is 0 Å². The van der Waals surface area contributed by atoms with E-state index in [0.29, 0.717) is 10.0 Å². The van der Waals surface area contributed by atoms with Crippen molar-refractivity contribution < 1.29 is 24.9 Å². The molecule has 7 nitrogen and oxygen atoms in total. The molecule has 2 aromatic carbocycles. The number of benzene rings is 2. The van der Waals surface area contributed by atoms with Crippen LogP contribution in [0.4, 0.5) is 0 Å². The number of carbonyl (C=O) groups excluding carboxylic acids is 1. The van der Waals surface area contributed by atoms with Gasteiger partial charge in [0.25, 0.3) is 5.91 Å². The van der Waals surface area contributed by atoms with Gasteiger partial charge in [0, 0.05) is 6.07 Å². The number of aromatic hydroxyl groups is 3. The minimum Gasteiger partial charge on any atom is -0.508 e. The number of hydrazone groups is 1. The van der Waals surface area contributed by atoms with Crippen LogP contribution in [0.2, 0.25) is 0 Å². The first-order chi connectivity index (χ1) is 10.9. The number of carbonyl (C=O) groups is 1. The molecule has 0 spiro atoms. The number of ether oxygens (including phenoxy) is 1. The zero-order valence-corrected chi connectivity index (χ0v) is 13.5. The van der Waals surface area contributed by atoms with Crippen LogP contribution in [-0.4, -0.2) is 34.6 Å². The molecule has 120 valence electrons. The Morgan fingerprint density at radius 1 is 1.26 bits per heavy atom. The summed E-state index contributed by atoms with van der Waals surface area (Å²) < 4.78 is 5.42. The van der Waals surface area contributed by atoms with Gasteiger partial charge in [0.2, 0.25) is 0 Å². The van der Waals surface area contributed by atoms with Crippen molar-refractivity contribution in [2.45, 2.75) is 0 Å². The largest absolute Gasteiger partial charge is 0.508 e. The van der Waals surface area contributed by atoms with Crippen LogP contribution < -0.4 is 10.2 Å². The van der Waals surface area contributed by atoms with Gasteiger partial charge in [-0.15, -0.1) is 0 Å². The van der Waals surface area contributed by atoms with Crippen molar-refractivity contribution in [2.75, 3.05) is 7.11 Å². The molecule has 0 bridgehead atoms. The van der Waals surface area contributed by atoms with Gasteiger partial charge in [0.15, 0.2) is 11.5 Å². The zero-order valence-electron chi connectivity index (χ0n) is 11.9. The van der Waals surface area contributed by atoms with E-state index in [0.717, 1.165) is 6.07 Å². The first-order valence-electron chi connectivity index (χ1n) is 6.34. The van der Waals surface area contributed by atoms with E-state index in [1.165, 1.54) is 31.5 Å². The molecule has 0 atom stereocenters. The predicted molar refractivity (Wildman–Crippen MR) is 87.2 cm³/mol. The van der Waals surface area contributed by atoms with Gasteiger partial charge < -0.3 is 20.1 Å². The quantitative estimate of drug-likeness (QED) is 0.480. The van der Waals surface area contributed by atoms with Crippen LogP contribution >= 0.6 is 15.9 Å². The highest BCUT2D eigenvalue weighted by Crippen LogP contribution is 2.34. The summed E-state index contributed by atoms with van der Waals surface area (Å²) >= 11 is 3.18. The molecule has 0 fully saturated rings. The summed E-state index contributed by atoms with van der Waals surface area (Å²) in [6.45, 7) is 0. The van der Waals surface area contributed by atoms with Crippen molar-refractivity contribution in [3.63, 3.8) is 0 Å². The number of phenols is 3. The average molecular weight is 381 g/mol. The zero-order chi connectivity index (χ0) is 17.0. The third-order valence-corrected chi connectivity index (χ3v) is 3.48. The van der Waals surface area contributed by atoms with Gasteiger partial charge in [-0.1, -0.05) is 0 Å². The van der Waals surface area contributed by atoms with Crippen molar-refractivity contribution in [2.24, 2.45) is 5.10 Å². The fraction of sp³-hybridized carbons (Fsp3) is 0.0667.